The first-order chi connectivity index (χ1) is 10.6. The number of hydrogen-bond acceptors (Lipinski definition) is 4. The van der Waals surface area contributed by atoms with E-state index in [1.807, 2.05) is 18.2 Å². The minimum Gasteiger partial charge on any atom is -0.469 e. The molecule has 0 aromatic heterocycles. The number of esters is 1. The first-order valence-corrected chi connectivity index (χ1v) is 7.37. The lowest BCUT2D eigenvalue weighted by Crippen LogP contribution is -2.21. The number of methoxy groups -OCH3 is 1. The van der Waals surface area contributed by atoms with E-state index in [0.29, 0.717) is 24.8 Å². The van der Waals surface area contributed by atoms with Gasteiger partial charge in [-0.2, -0.15) is 0 Å². The van der Waals surface area contributed by atoms with Crippen LogP contribution in [0.4, 0.5) is 0 Å². The van der Waals surface area contributed by atoms with Gasteiger partial charge in [0.15, 0.2) is 5.78 Å². The van der Waals surface area contributed by atoms with Gasteiger partial charge in [0.25, 0.3) is 0 Å². The lowest BCUT2D eigenvalue weighted by Gasteiger charge is -2.10. The van der Waals surface area contributed by atoms with Crippen molar-refractivity contribution < 1.29 is 19.1 Å². The van der Waals surface area contributed by atoms with Crippen LogP contribution >= 0.6 is 0 Å². The summed E-state index contributed by atoms with van der Waals surface area (Å²) in [6.45, 7) is 1.44. The van der Waals surface area contributed by atoms with E-state index in [9.17, 15) is 14.4 Å². The van der Waals surface area contributed by atoms with Gasteiger partial charge in [0.2, 0.25) is 0 Å². The highest BCUT2D eigenvalue weighted by Gasteiger charge is 2.22. The van der Waals surface area contributed by atoms with Crippen molar-refractivity contribution in [1.82, 2.24) is 0 Å². The highest BCUT2D eigenvalue weighted by molar-refractivity contribution is 6.10. The van der Waals surface area contributed by atoms with E-state index in [0.717, 1.165) is 6.42 Å². The third-order valence-corrected chi connectivity index (χ3v) is 3.38. The van der Waals surface area contributed by atoms with Crippen molar-refractivity contribution >= 4 is 17.5 Å². The SMILES string of the molecule is COC(=O)CCC/C=C\CC(C(C)=O)C(=O)c1ccccc1. The molecule has 4 heteroatoms. The Morgan fingerprint density at radius 1 is 1.14 bits per heavy atom. The van der Waals surface area contributed by atoms with E-state index in [1.54, 1.807) is 24.3 Å². The van der Waals surface area contributed by atoms with Crippen LogP contribution in [-0.4, -0.2) is 24.6 Å². The van der Waals surface area contributed by atoms with Crippen LogP contribution in [0.1, 0.15) is 43.0 Å². The average molecular weight is 302 g/mol. The van der Waals surface area contributed by atoms with Gasteiger partial charge in [0, 0.05) is 12.0 Å². The van der Waals surface area contributed by atoms with Gasteiger partial charge in [-0.1, -0.05) is 42.5 Å². The average Bonchev–Trinajstić information content (AvgIpc) is 2.53. The molecular formula is C18H22O4. The molecule has 0 spiro atoms. The van der Waals surface area contributed by atoms with Gasteiger partial charge in [-0.25, -0.2) is 0 Å². The molecule has 0 bridgehead atoms. The fraction of sp³-hybridized carbons (Fsp3) is 0.389. The van der Waals surface area contributed by atoms with Crippen molar-refractivity contribution in [3.8, 4) is 0 Å². The van der Waals surface area contributed by atoms with Crippen molar-refractivity contribution in [2.45, 2.75) is 32.6 Å². The van der Waals surface area contributed by atoms with Crippen molar-refractivity contribution in [2.24, 2.45) is 5.92 Å². The van der Waals surface area contributed by atoms with Crippen LogP contribution in [0, 0.1) is 5.92 Å². The Kier molecular flexibility index (Phi) is 7.83. The fourth-order valence-electron chi connectivity index (χ4n) is 2.08. The van der Waals surface area contributed by atoms with Gasteiger partial charge >= 0.3 is 5.97 Å². The first kappa shape index (κ1) is 17.8. The van der Waals surface area contributed by atoms with Gasteiger partial charge < -0.3 is 4.74 Å². The first-order valence-electron chi connectivity index (χ1n) is 7.37. The lowest BCUT2D eigenvalue weighted by atomic mass is 9.91. The van der Waals surface area contributed by atoms with E-state index >= 15 is 0 Å². The second-order valence-electron chi connectivity index (χ2n) is 5.07. The molecule has 0 N–H and O–H groups in total. The Morgan fingerprint density at radius 2 is 1.82 bits per heavy atom. The lowest BCUT2D eigenvalue weighted by molar-refractivity contribution is -0.140. The van der Waals surface area contributed by atoms with Crippen LogP contribution in [-0.2, 0) is 14.3 Å². The van der Waals surface area contributed by atoms with Gasteiger partial charge in [-0.05, 0) is 26.2 Å². The molecule has 0 saturated carbocycles. The molecule has 1 aromatic carbocycles. The predicted octanol–water partition coefficient (Wildman–Crippen LogP) is 3.36. The summed E-state index contributed by atoms with van der Waals surface area (Å²) < 4.78 is 4.55. The number of hydrogen-bond donors (Lipinski definition) is 0. The minimum absolute atomic E-state index is 0.131. The third-order valence-electron chi connectivity index (χ3n) is 3.38. The summed E-state index contributed by atoms with van der Waals surface area (Å²) in [6, 6.07) is 8.84. The number of Topliss-reactive ketones (excluding diaryl/α,β-unsaturated/α-hetero) is 2. The number of carbonyl (C=O) groups is 3. The van der Waals surface area contributed by atoms with Crippen LogP contribution in [0.25, 0.3) is 0 Å². The second kappa shape index (κ2) is 9.66. The number of carbonyl (C=O) groups excluding carboxylic acids is 3. The molecule has 0 fully saturated rings. The fourth-order valence-corrected chi connectivity index (χ4v) is 2.08. The summed E-state index contributed by atoms with van der Waals surface area (Å²) in [5.41, 5.74) is 0.557. The highest BCUT2D eigenvalue weighted by atomic mass is 16.5. The smallest absolute Gasteiger partial charge is 0.305 e. The van der Waals surface area contributed by atoms with Crippen molar-refractivity contribution in [2.75, 3.05) is 7.11 Å². The van der Waals surface area contributed by atoms with Crippen LogP contribution < -0.4 is 0 Å². The van der Waals surface area contributed by atoms with Crippen molar-refractivity contribution in [3.05, 3.63) is 48.0 Å². The Labute approximate surface area is 131 Å². The number of ketones is 2. The van der Waals surface area contributed by atoms with Crippen LogP contribution in [0.3, 0.4) is 0 Å². The van der Waals surface area contributed by atoms with Crippen LogP contribution in [0.5, 0.6) is 0 Å². The maximum atomic E-state index is 12.3. The second-order valence-corrected chi connectivity index (χ2v) is 5.07. The molecule has 1 aromatic rings. The van der Waals surface area contributed by atoms with Gasteiger partial charge in [-0.15, -0.1) is 0 Å². The van der Waals surface area contributed by atoms with E-state index < -0.39 is 5.92 Å². The molecule has 0 aliphatic carbocycles. The zero-order valence-electron chi connectivity index (χ0n) is 13.1. The number of rotatable bonds is 9. The van der Waals surface area contributed by atoms with E-state index in [4.69, 9.17) is 0 Å². The molecule has 0 saturated heterocycles. The molecule has 4 nitrogen and oxygen atoms in total. The maximum Gasteiger partial charge on any atom is 0.305 e. The predicted molar refractivity (Wildman–Crippen MR) is 84.6 cm³/mol. The largest absolute Gasteiger partial charge is 0.469 e. The standard InChI is InChI=1S/C18H22O4/c1-14(19)16(18(21)15-10-6-5-7-11-15)12-8-3-4-9-13-17(20)22-2/h3,5-8,10-11,16H,4,9,12-13H2,1-2H3/b8-3-. The minimum atomic E-state index is -0.640. The topological polar surface area (TPSA) is 60.4 Å². The Hall–Kier alpha value is -2.23. The number of ether oxygens (including phenoxy) is 1. The Morgan fingerprint density at radius 3 is 2.41 bits per heavy atom. The quantitative estimate of drug-likeness (QED) is 0.231. The maximum absolute atomic E-state index is 12.3. The summed E-state index contributed by atoms with van der Waals surface area (Å²) in [6.07, 6.45) is 5.92. The molecule has 1 atom stereocenters. The molecule has 0 aliphatic heterocycles. The summed E-state index contributed by atoms with van der Waals surface area (Å²) in [7, 11) is 1.37. The van der Waals surface area contributed by atoms with E-state index in [1.165, 1.54) is 14.0 Å². The summed E-state index contributed by atoms with van der Waals surface area (Å²) >= 11 is 0. The zero-order chi connectivity index (χ0) is 16.4. The van der Waals surface area contributed by atoms with Crippen LogP contribution in [0.15, 0.2) is 42.5 Å². The summed E-state index contributed by atoms with van der Waals surface area (Å²) in [5, 5.41) is 0. The van der Waals surface area contributed by atoms with Gasteiger partial charge in [0.1, 0.15) is 5.78 Å². The number of benzene rings is 1. The van der Waals surface area contributed by atoms with Crippen molar-refractivity contribution in [1.29, 1.82) is 0 Å². The van der Waals surface area contributed by atoms with Crippen molar-refractivity contribution in [3.63, 3.8) is 0 Å². The Bertz CT molecular complexity index is 531. The van der Waals surface area contributed by atoms with Gasteiger partial charge in [0.05, 0.1) is 13.0 Å². The number of allylic oxidation sites excluding steroid dienone is 2. The monoisotopic (exact) mass is 302 g/mol. The Balaban J connectivity index is 2.50. The number of unbranched alkanes of at least 4 members (excludes halogenated alkanes) is 1. The summed E-state index contributed by atoms with van der Waals surface area (Å²) in [4.78, 5) is 35.0. The molecule has 118 valence electrons. The van der Waals surface area contributed by atoms with Crippen LogP contribution in [0.2, 0.25) is 0 Å². The molecular weight excluding hydrogens is 280 g/mol. The highest BCUT2D eigenvalue weighted by Crippen LogP contribution is 2.15. The molecule has 22 heavy (non-hydrogen) atoms. The van der Waals surface area contributed by atoms with E-state index in [2.05, 4.69) is 4.74 Å². The molecule has 0 heterocycles. The molecule has 1 unspecified atom stereocenters. The normalized spacial score (nSPS) is 12.1. The van der Waals surface area contributed by atoms with Gasteiger partial charge in [-0.3, -0.25) is 14.4 Å². The molecule has 1 rings (SSSR count). The molecule has 0 radical (unpaired) electrons. The molecule has 0 amide bonds. The van der Waals surface area contributed by atoms with E-state index in [-0.39, 0.29) is 17.5 Å². The molecule has 0 aliphatic rings. The summed E-state index contributed by atoms with van der Waals surface area (Å²) in [5.74, 6) is -1.14. The zero-order valence-corrected chi connectivity index (χ0v) is 13.1. The third kappa shape index (κ3) is 6.04.